The number of carbonyl (C=O) groups excluding carboxylic acids is 1. The minimum atomic E-state index is -0.779. The van der Waals surface area contributed by atoms with Crippen molar-refractivity contribution in [1.82, 2.24) is 9.88 Å². The smallest absolute Gasteiger partial charge is 0.254 e. The molecule has 0 spiro atoms. The lowest BCUT2D eigenvalue weighted by molar-refractivity contribution is -0.00891. The van der Waals surface area contributed by atoms with E-state index in [0.29, 0.717) is 45.0 Å². The number of carbonyl (C=O) groups is 1. The van der Waals surface area contributed by atoms with E-state index >= 15 is 0 Å². The Bertz CT molecular complexity index is 579. The van der Waals surface area contributed by atoms with Crippen LogP contribution < -0.4 is 4.90 Å². The van der Waals surface area contributed by atoms with Gasteiger partial charge in [-0.3, -0.25) is 4.79 Å². The zero-order valence-electron chi connectivity index (χ0n) is 14.1. The second-order valence-corrected chi connectivity index (χ2v) is 7.32. The molecule has 3 rings (SSSR count). The van der Waals surface area contributed by atoms with E-state index < -0.39 is 5.60 Å². The van der Waals surface area contributed by atoms with Gasteiger partial charge in [0, 0.05) is 43.4 Å². The number of β-amino-alcohol motifs (C(OH)–C–C–N with tert-alkyl or cyclic N) is 1. The second kappa shape index (κ2) is 5.76. The van der Waals surface area contributed by atoms with Gasteiger partial charge in [-0.05, 0) is 19.1 Å². The fourth-order valence-electron chi connectivity index (χ4n) is 3.12. The van der Waals surface area contributed by atoms with Crippen LogP contribution in [0.1, 0.15) is 31.1 Å². The number of rotatable bonds is 2. The molecule has 0 aliphatic carbocycles. The van der Waals surface area contributed by atoms with Gasteiger partial charge < -0.3 is 19.6 Å². The molecule has 6 heteroatoms. The molecular weight excluding hydrogens is 294 g/mol. The zero-order chi connectivity index (χ0) is 16.7. The van der Waals surface area contributed by atoms with Gasteiger partial charge >= 0.3 is 0 Å². The molecule has 0 radical (unpaired) electrons. The summed E-state index contributed by atoms with van der Waals surface area (Å²) in [4.78, 5) is 20.9. The summed E-state index contributed by atoms with van der Waals surface area (Å²) in [6, 6.07) is 3.58. The van der Waals surface area contributed by atoms with Crippen LogP contribution in [-0.4, -0.2) is 65.9 Å². The number of hydrogen-bond acceptors (Lipinski definition) is 5. The maximum atomic E-state index is 12.6. The average molecular weight is 319 g/mol. The molecule has 2 aliphatic rings. The van der Waals surface area contributed by atoms with Crippen LogP contribution in [0.5, 0.6) is 0 Å². The van der Waals surface area contributed by atoms with Gasteiger partial charge in [0.05, 0.1) is 18.8 Å². The van der Waals surface area contributed by atoms with Crippen LogP contribution in [0.25, 0.3) is 0 Å². The number of morpholine rings is 1. The van der Waals surface area contributed by atoms with E-state index in [1.807, 2.05) is 17.9 Å². The molecule has 1 N–H and O–H groups in total. The van der Waals surface area contributed by atoms with Gasteiger partial charge in [0.1, 0.15) is 5.82 Å². The topological polar surface area (TPSA) is 65.9 Å². The molecule has 0 bridgehead atoms. The highest BCUT2D eigenvalue weighted by Crippen LogP contribution is 2.40. The van der Waals surface area contributed by atoms with Gasteiger partial charge in [-0.15, -0.1) is 0 Å². The number of amides is 1. The molecule has 6 nitrogen and oxygen atoms in total. The van der Waals surface area contributed by atoms with Crippen molar-refractivity contribution in [1.29, 1.82) is 0 Å². The van der Waals surface area contributed by atoms with E-state index in [0.717, 1.165) is 5.82 Å². The standard InChI is InChI=1S/C17H25N3O3/c1-16(2)11-20(12-17(16,3)22)14-10-13(4-5-18-14)15(21)19-6-8-23-9-7-19/h4-5,10,22H,6-9,11-12H2,1-3H3/t17-/m0/s1. The summed E-state index contributed by atoms with van der Waals surface area (Å²) >= 11 is 0. The van der Waals surface area contributed by atoms with Crippen LogP contribution >= 0.6 is 0 Å². The van der Waals surface area contributed by atoms with Crippen molar-refractivity contribution in [3.8, 4) is 0 Å². The van der Waals surface area contributed by atoms with E-state index in [1.54, 1.807) is 12.3 Å². The molecule has 23 heavy (non-hydrogen) atoms. The largest absolute Gasteiger partial charge is 0.388 e. The predicted octanol–water partition coefficient (Wildman–Crippen LogP) is 1.15. The van der Waals surface area contributed by atoms with Gasteiger partial charge in [-0.1, -0.05) is 13.8 Å². The van der Waals surface area contributed by atoms with Gasteiger partial charge in [0.25, 0.3) is 5.91 Å². The van der Waals surface area contributed by atoms with Crippen molar-refractivity contribution < 1.29 is 14.6 Å². The van der Waals surface area contributed by atoms with Crippen molar-refractivity contribution in [2.45, 2.75) is 26.4 Å². The second-order valence-electron chi connectivity index (χ2n) is 7.32. The van der Waals surface area contributed by atoms with Crippen molar-refractivity contribution in [3.05, 3.63) is 23.9 Å². The number of ether oxygens (including phenoxy) is 1. The van der Waals surface area contributed by atoms with Crippen LogP contribution in [0.2, 0.25) is 0 Å². The van der Waals surface area contributed by atoms with Crippen LogP contribution in [0.15, 0.2) is 18.3 Å². The van der Waals surface area contributed by atoms with Crippen LogP contribution in [0.3, 0.4) is 0 Å². The molecule has 0 unspecified atom stereocenters. The maximum absolute atomic E-state index is 12.6. The van der Waals surface area contributed by atoms with E-state index in [1.165, 1.54) is 0 Å². The lowest BCUT2D eigenvalue weighted by Crippen LogP contribution is -2.40. The first-order chi connectivity index (χ1) is 10.8. The molecule has 1 atom stereocenters. The van der Waals surface area contributed by atoms with E-state index in [9.17, 15) is 9.90 Å². The Morgan fingerprint density at radius 2 is 1.96 bits per heavy atom. The van der Waals surface area contributed by atoms with Crippen molar-refractivity contribution >= 4 is 11.7 Å². The Labute approximate surface area is 137 Å². The number of anilines is 1. The number of aromatic nitrogens is 1. The van der Waals surface area contributed by atoms with Crippen LogP contribution in [0.4, 0.5) is 5.82 Å². The summed E-state index contributed by atoms with van der Waals surface area (Å²) in [5, 5.41) is 10.6. The number of pyridine rings is 1. The number of aliphatic hydroxyl groups is 1. The quantitative estimate of drug-likeness (QED) is 0.886. The molecule has 1 aromatic heterocycles. The monoisotopic (exact) mass is 319 g/mol. The minimum Gasteiger partial charge on any atom is -0.388 e. The fraction of sp³-hybridized carbons (Fsp3) is 0.647. The summed E-state index contributed by atoms with van der Waals surface area (Å²) in [6.07, 6.45) is 1.67. The van der Waals surface area contributed by atoms with Crippen molar-refractivity contribution in [3.63, 3.8) is 0 Å². The van der Waals surface area contributed by atoms with E-state index in [-0.39, 0.29) is 11.3 Å². The van der Waals surface area contributed by atoms with Crippen LogP contribution in [0, 0.1) is 5.41 Å². The number of nitrogens with zero attached hydrogens (tertiary/aromatic N) is 3. The number of hydrogen-bond donors (Lipinski definition) is 1. The highest BCUT2D eigenvalue weighted by molar-refractivity contribution is 5.95. The summed E-state index contributed by atoms with van der Waals surface area (Å²) in [6.45, 7) is 9.62. The summed E-state index contributed by atoms with van der Waals surface area (Å²) in [5.41, 5.74) is -0.362. The Hall–Kier alpha value is -1.66. The highest BCUT2D eigenvalue weighted by atomic mass is 16.5. The highest BCUT2D eigenvalue weighted by Gasteiger charge is 2.48. The van der Waals surface area contributed by atoms with E-state index in [4.69, 9.17) is 4.74 Å². The molecule has 1 amide bonds. The molecule has 1 aromatic rings. The first kappa shape index (κ1) is 16.2. The maximum Gasteiger partial charge on any atom is 0.254 e. The molecule has 126 valence electrons. The summed E-state index contributed by atoms with van der Waals surface area (Å²) in [5.74, 6) is 0.761. The Morgan fingerprint density at radius 1 is 1.26 bits per heavy atom. The third kappa shape index (κ3) is 3.05. The summed E-state index contributed by atoms with van der Waals surface area (Å²) < 4.78 is 5.29. The van der Waals surface area contributed by atoms with Crippen LogP contribution in [-0.2, 0) is 4.74 Å². The zero-order valence-corrected chi connectivity index (χ0v) is 14.1. The Balaban J connectivity index is 1.79. The third-order valence-electron chi connectivity index (χ3n) is 5.16. The first-order valence-corrected chi connectivity index (χ1v) is 8.11. The Kier molecular flexibility index (Phi) is 4.06. The molecule has 0 aromatic carbocycles. The molecular formula is C17H25N3O3. The lowest BCUT2D eigenvalue weighted by Gasteiger charge is -2.30. The van der Waals surface area contributed by atoms with Gasteiger partial charge in [0.15, 0.2) is 0 Å². The molecule has 2 saturated heterocycles. The predicted molar refractivity (Wildman–Crippen MR) is 87.6 cm³/mol. The molecule has 3 heterocycles. The molecule has 2 fully saturated rings. The SMILES string of the molecule is CC1(C)CN(c2cc(C(=O)N3CCOCC3)ccn2)C[C@]1(C)O. The third-order valence-corrected chi connectivity index (χ3v) is 5.16. The van der Waals surface area contributed by atoms with Crippen molar-refractivity contribution in [2.24, 2.45) is 5.41 Å². The van der Waals surface area contributed by atoms with Gasteiger partial charge in [0.2, 0.25) is 0 Å². The van der Waals surface area contributed by atoms with Gasteiger partial charge in [-0.25, -0.2) is 4.98 Å². The fourth-order valence-corrected chi connectivity index (χ4v) is 3.12. The van der Waals surface area contributed by atoms with Crippen molar-refractivity contribution in [2.75, 3.05) is 44.3 Å². The van der Waals surface area contributed by atoms with E-state index in [2.05, 4.69) is 23.7 Å². The summed E-state index contributed by atoms with van der Waals surface area (Å²) in [7, 11) is 0. The lowest BCUT2D eigenvalue weighted by atomic mass is 9.79. The average Bonchev–Trinajstić information content (AvgIpc) is 2.76. The molecule has 0 saturated carbocycles. The van der Waals surface area contributed by atoms with Gasteiger partial charge in [-0.2, -0.15) is 0 Å². The normalized spacial score (nSPS) is 27.3. The Morgan fingerprint density at radius 3 is 2.57 bits per heavy atom. The molecule has 2 aliphatic heterocycles. The minimum absolute atomic E-state index is 0.0159. The first-order valence-electron chi connectivity index (χ1n) is 8.11.